The standard InChI is InChI=1S/C22H30N4O4/c1-15-9-11-22(12-10-15)20(28)26(21(29)23-22)24-19(27)14-25(17-5-6-17)13-16-3-7-18(30-2)8-4-16/h3-4,7-8,15,17H,5-6,9-14H2,1-2H3,(H,23,29)(H,24,27)/p+1. The van der Waals surface area contributed by atoms with Crippen LogP contribution in [-0.4, -0.2) is 48.1 Å². The number of carbonyl (C=O) groups excluding carboxylic acids is 3. The number of ether oxygens (including phenoxy) is 1. The van der Waals surface area contributed by atoms with E-state index in [4.69, 9.17) is 4.74 Å². The van der Waals surface area contributed by atoms with Crippen LogP contribution in [0.4, 0.5) is 4.79 Å². The molecule has 1 aliphatic heterocycles. The molecule has 4 amide bonds. The van der Waals surface area contributed by atoms with Gasteiger partial charge in [0.15, 0.2) is 6.54 Å². The van der Waals surface area contributed by atoms with Crippen LogP contribution in [-0.2, 0) is 16.1 Å². The second kappa shape index (κ2) is 8.26. The van der Waals surface area contributed by atoms with E-state index in [1.165, 1.54) is 0 Å². The number of amides is 4. The van der Waals surface area contributed by atoms with E-state index in [0.717, 1.165) is 46.9 Å². The number of urea groups is 1. The number of hydrogen-bond donors (Lipinski definition) is 3. The van der Waals surface area contributed by atoms with Gasteiger partial charge in [-0.2, -0.15) is 5.01 Å². The highest BCUT2D eigenvalue weighted by atomic mass is 16.5. The van der Waals surface area contributed by atoms with Crippen LogP contribution in [0.2, 0.25) is 0 Å². The average molecular weight is 416 g/mol. The van der Waals surface area contributed by atoms with Gasteiger partial charge in [-0.15, -0.1) is 0 Å². The first-order valence-electron chi connectivity index (χ1n) is 10.8. The van der Waals surface area contributed by atoms with Crippen LogP contribution in [0.3, 0.4) is 0 Å². The summed E-state index contributed by atoms with van der Waals surface area (Å²) in [4.78, 5) is 39.2. The molecule has 8 nitrogen and oxygen atoms in total. The van der Waals surface area contributed by atoms with Crippen molar-refractivity contribution in [3.63, 3.8) is 0 Å². The number of nitrogens with one attached hydrogen (secondary N) is 3. The Morgan fingerprint density at radius 1 is 1.20 bits per heavy atom. The molecule has 0 aromatic heterocycles. The van der Waals surface area contributed by atoms with Crippen LogP contribution in [0, 0.1) is 5.92 Å². The van der Waals surface area contributed by atoms with Gasteiger partial charge in [0.05, 0.1) is 13.2 Å². The van der Waals surface area contributed by atoms with Crippen molar-refractivity contribution in [1.29, 1.82) is 0 Å². The van der Waals surface area contributed by atoms with E-state index >= 15 is 0 Å². The van der Waals surface area contributed by atoms with Crippen molar-refractivity contribution in [2.45, 2.75) is 63.6 Å². The van der Waals surface area contributed by atoms with E-state index in [0.29, 0.717) is 31.3 Å². The van der Waals surface area contributed by atoms with Gasteiger partial charge >= 0.3 is 6.03 Å². The molecule has 1 aromatic rings. The van der Waals surface area contributed by atoms with Crippen molar-refractivity contribution in [3.05, 3.63) is 29.8 Å². The number of hydrazine groups is 1. The smallest absolute Gasteiger partial charge is 0.344 e. The van der Waals surface area contributed by atoms with Gasteiger partial charge in [-0.05, 0) is 55.9 Å². The van der Waals surface area contributed by atoms with E-state index < -0.39 is 11.6 Å². The quantitative estimate of drug-likeness (QED) is 0.574. The molecule has 8 heteroatoms. The normalized spacial score (nSPS) is 27.1. The molecule has 2 saturated carbocycles. The fourth-order valence-corrected chi connectivity index (χ4v) is 4.53. The highest BCUT2D eigenvalue weighted by molar-refractivity contribution is 6.08. The van der Waals surface area contributed by atoms with Gasteiger partial charge in [0.25, 0.3) is 11.8 Å². The minimum absolute atomic E-state index is 0.220. The first-order chi connectivity index (χ1) is 14.4. The maximum atomic E-state index is 12.9. The molecule has 1 spiro atoms. The summed E-state index contributed by atoms with van der Waals surface area (Å²) in [5.41, 5.74) is 2.85. The van der Waals surface area contributed by atoms with E-state index in [1.807, 2.05) is 24.3 Å². The van der Waals surface area contributed by atoms with Crippen LogP contribution >= 0.6 is 0 Å². The predicted octanol–water partition coefficient (Wildman–Crippen LogP) is 0.774. The molecule has 1 aromatic carbocycles. The molecule has 1 atom stereocenters. The fraction of sp³-hybridized carbons (Fsp3) is 0.591. The molecule has 1 saturated heterocycles. The monoisotopic (exact) mass is 415 g/mol. The van der Waals surface area contributed by atoms with Crippen LogP contribution in [0.15, 0.2) is 24.3 Å². The van der Waals surface area contributed by atoms with E-state index in [9.17, 15) is 14.4 Å². The number of rotatable bonds is 7. The summed E-state index contributed by atoms with van der Waals surface area (Å²) >= 11 is 0. The minimum Gasteiger partial charge on any atom is -0.497 e. The third kappa shape index (κ3) is 4.28. The Morgan fingerprint density at radius 2 is 1.87 bits per heavy atom. The Labute approximate surface area is 176 Å². The first-order valence-corrected chi connectivity index (χ1v) is 10.8. The summed E-state index contributed by atoms with van der Waals surface area (Å²) in [6.45, 7) is 3.09. The lowest BCUT2D eigenvalue weighted by molar-refractivity contribution is -0.917. The molecular formula is C22H31N4O4+. The summed E-state index contributed by atoms with van der Waals surface area (Å²) in [7, 11) is 1.63. The highest BCUT2D eigenvalue weighted by Gasteiger charge is 2.53. The third-order valence-electron chi connectivity index (χ3n) is 6.66. The number of methoxy groups -OCH3 is 1. The van der Waals surface area contributed by atoms with Crippen molar-refractivity contribution in [1.82, 2.24) is 15.8 Å². The zero-order chi connectivity index (χ0) is 21.3. The molecule has 1 unspecified atom stereocenters. The van der Waals surface area contributed by atoms with Crippen LogP contribution < -0.4 is 20.4 Å². The molecular weight excluding hydrogens is 384 g/mol. The Balaban J connectivity index is 1.36. The summed E-state index contributed by atoms with van der Waals surface area (Å²) < 4.78 is 5.20. The van der Waals surface area contributed by atoms with Crippen molar-refractivity contribution in [3.8, 4) is 5.75 Å². The molecule has 162 valence electrons. The molecule has 4 rings (SSSR count). The van der Waals surface area contributed by atoms with Gasteiger partial charge in [0.2, 0.25) is 0 Å². The van der Waals surface area contributed by atoms with E-state index in [1.54, 1.807) is 7.11 Å². The Hall–Kier alpha value is -2.61. The third-order valence-corrected chi connectivity index (χ3v) is 6.66. The molecule has 0 bridgehead atoms. The number of benzene rings is 1. The Morgan fingerprint density at radius 3 is 2.47 bits per heavy atom. The van der Waals surface area contributed by atoms with Crippen molar-refractivity contribution in [2.24, 2.45) is 5.92 Å². The predicted molar refractivity (Wildman–Crippen MR) is 109 cm³/mol. The van der Waals surface area contributed by atoms with Crippen molar-refractivity contribution < 1.29 is 24.0 Å². The molecule has 30 heavy (non-hydrogen) atoms. The Bertz CT molecular complexity index is 813. The first kappa shape index (κ1) is 20.7. The van der Waals surface area contributed by atoms with Crippen LogP contribution in [0.5, 0.6) is 5.75 Å². The van der Waals surface area contributed by atoms with Gasteiger partial charge < -0.3 is 15.0 Å². The number of nitrogens with zero attached hydrogens (tertiary/aromatic N) is 1. The largest absolute Gasteiger partial charge is 0.497 e. The fourth-order valence-electron chi connectivity index (χ4n) is 4.53. The van der Waals surface area contributed by atoms with Gasteiger partial charge in [-0.25, -0.2) is 4.79 Å². The number of hydrogen-bond acceptors (Lipinski definition) is 4. The number of quaternary nitrogens is 1. The van der Waals surface area contributed by atoms with Crippen molar-refractivity contribution >= 4 is 17.8 Å². The summed E-state index contributed by atoms with van der Waals surface area (Å²) in [6.07, 6.45) is 5.22. The number of carbonyl (C=O) groups is 3. The maximum Gasteiger partial charge on any atom is 0.344 e. The summed E-state index contributed by atoms with van der Waals surface area (Å²) in [5, 5.41) is 3.74. The molecule has 2 aliphatic carbocycles. The molecule has 3 aliphatic rings. The van der Waals surface area contributed by atoms with Crippen LogP contribution in [0.25, 0.3) is 0 Å². The van der Waals surface area contributed by atoms with Gasteiger partial charge in [-0.1, -0.05) is 6.92 Å². The van der Waals surface area contributed by atoms with E-state index in [2.05, 4.69) is 17.7 Å². The lowest BCUT2D eigenvalue weighted by atomic mass is 9.77. The second-order valence-electron chi connectivity index (χ2n) is 9.00. The summed E-state index contributed by atoms with van der Waals surface area (Å²) in [6, 6.07) is 7.75. The SMILES string of the molecule is COc1ccc(C[NH+](CC(=O)NN2C(=O)NC3(CCC(C)CC3)C2=O)C2CC2)cc1. The lowest BCUT2D eigenvalue weighted by Gasteiger charge is -2.33. The zero-order valence-electron chi connectivity index (χ0n) is 17.7. The molecule has 0 radical (unpaired) electrons. The highest BCUT2D eigenvalue weighted by Crippen LogP contribution is 2.35. The number of imide groups is 1. The van der Waals surface area contributed by atoms with Crippen LogP contribution in [0.1, 0.15) is 51.0 Å². The van der Waals surface area contributed by atoms with E-state index in [-0.39, 0.29) is 18.4 Å². The minimum atomic E-state index is -0.844. The topological polar surface area (TPSA) is 92.2 Å². The average Bonchev–Trinajstić information content (AvgIpc) is 3.55. The van der Waals surface area contributed by atoms with Gasteiger partial charge in [-0.3, -0.25) is 15.0 Å². The summed E-state index contributed by atoms with van der Waals surface area (Å²) in [5.74, 6) is 0.720. The lowest BCUT2D eigenvalue weighted by Crippen LogP contribution is -3.13. The van der Waals surface area contributed by atoms with Gasteiger partial charge in [0, 0.05) is 18.4 Å². The van der Waals surface area contributed by atoms with Gasteiger partial charge in [0.1, 0.15) is 17.8 Å². The Kier molecular flexibility index (Phi) is 5.69. The second-order valence-corrected chi connectivity index (χ2v) is 9.00. The molecule has 3 N–H and O–H groups in total. The maximum absolute atomic E-state index is 12.9. The molecule has 1 heterocycles. The molecule has 3 fully saturated rings. The zero-order valence-corrected chi connectivity index (χ0v) is 17.7. The van der Waals surface area contributed by atoms with Crippen molar-refractivity contribution in [2.75, 3.05) is 13.7 Å².